The number of nitrogens with one attached hydrogen (secondary N) is 1. The van der Waals surface area contributed by atoms with Crippen LogP contribution in [0.15, 0.2) is 51.1 Å². The molecule has 0 aliphatic rings. The van der Waals surface area contributed by atoms with Crippen LogP contribution in [0, 0.1) is 0 Å². The summed E-state index contributed by atoms with van der Waals surface area (Å²) in [6.45, 7) is 1.61. The van der Waals surface area contributed by atoms with E-state index in [-0.39, 0.29) is 16.4 Å². The Bertz CT molecular complexity index is 833. The molecule has 24 heavy (non-hydrogen) atoms. The number of carbonyl (C=O) groups is 2. The van der Waals surface area contributed by atoms with Gasteiger partial charge in [0.05, 0.1) is 16.4 Å². The summed E-state index contributed by atoms with van der Waals surface area (Å²) >= 11 is 4.31. The Morgan fingerprint density at radius 1 is 1.29 bits per heavy atom. The summed E-state index contributed by atoms with van der Waals surface area (Å²) in [5.41, 5.74) is 0. The Morgan fingerprint density at radius 3 is 2.62 bits per heavy atom. The maximum absolute atomic E-state index is 12.5. The predicted molar refractivity (Wildman–Crippen MR) is 93.5 cm³/mol. The standard InChI is InChI=1S/C15H14BrNO5S2/c1-2-22-15(19)13(14(18)12-7-4-8-23-12)17-24(20,21)11-6-3-5-10(16)9-11/h3-9,13,17H,2H2,1H3. The molecule has 1 atom stereocenters. The third kappa shape index (κ3) is 4.50. The van der Waals surface area contributed by atoms with E-state index in [2.05, 4.69) is 20.7 Å². The molecule has 2 aromatic rings. The molecule has 9 heteroatoms. The second-order valence-electron chi connectivity index (χ2n) is 4.61. The number of sulfonamides is 1. The third-order valence-corrected chi connectivity index (χ3v) is 5.73. The van der Waals surface area contributed by atoms with Crippen molar-refractivity contribution in [3.8, 4) is 0 Å². The lowest BCUT2D eigenvalue weighted by molar-refractivity contribution is -0.143. The molecule has 6 nitrogen and oxygen atoms in total. The van der Waals surface area contributed by atoms with Crippen LogP contribution >= 0.6 is 27.3 Å². The van der Waals surface area contributed by atoms with Gasteiger partial charge in [-0.25, -0.2) is 13.2 Å². The van der Waals surface area contributed by atoms with E-state index < -0.39 is 27.8 Å². The largest absolute Gasteiger partial charge is 0.464 e. The van der Waals surface area contributed by atoms with Gasteiger partial charge in [-0.1, -0.05) is 28.1 Å². The van der Waals surface area contributed by atoms with Gasteiger partial charge in [0.2, 0.25) is 15.8 Å². The second kappa shape index (κ2) is 8.02. The summed E-state index contributed by atoms with van der Waals surface area (Å²) in [6, 6.07) is 7.48. The third-order valence-electron chi connectivity index (χ3n) is 2.93. The maximum Gasteiger partial charge on any atom is 0.332 e. The fourth-order valence-electron chi connectivity index (χ4n) is 1.85. The minimum Gasteiger partial charge on any atom is -0.464 e. The number of thiophene rings is 1. The summed E-state index contributed by atoms with van der Waals surface area (Å²) in [5, 5.41) is 1.66. The number of hydrogen-bond acceptors (Lipinski definition) is 6. The number of esters is 1. The van der Waals surface area contributed by atoms with Crippen LogP contribution in [-0.2, 0) is 19.6 Å². The normalized spacial score (nSPS) is 12.6. The van der Waals surface area contributed by atoms with E-state index in [0.29, 0.717) is 4.47 Å². The number of rotatable bonds is 7. The predicted octanol–water partition coefficient (Wildman–Crippen LogP) is 2.60. The molecule has 0 fully saturated rings. The van der Waals surface area contributed by atoms with Crippen molar-refractivity contribution in [2.75, 3.05) is 6.61 Å². The van der Waals surface area contributed by atoms with E-state index in [1.54, 1.807) is 30.5 Å². The van der Waals surface area contributed by atoms with Crippen LogP contribution in [0.5, 0.6) is 0 Å². The van der Waals surface area contributed by atoms with Crippen LogP contribution in [0.25, 0.3) is 0 Å². The van der Waals surface area contributed by atoms with Crippen LogP contribution in [0.3, 0.4) is 0 Å². The van der Waals surface area contributed by atoms with E-state index in [1.165, 1.54) is 18.2 Å². The molecule has 0 aliphatic carbocycles. The van der Waals surface area contributed by atoms with E-state index in [4.69, 9.17) is 4.74 Å². The van der Waals surface area contributed by atoms with Crippen molar-refractivity contribution >= 4 is 49.0 Å². The first kappa shape index (κ1) is 18.8. The van der Waals surface area contributed by atoms with Crippen LogP contribution in [0.2, 0.25) is 0 Å². The van der Waals surface area contributed by atoms with Crippen molar-refractivity contribution in [1.29, 1.82) is 0 Å². The van der Waals surface area contributed by atoms with Gasteiger partial charge in [0.15, 0.2) is 6.04 Å². The molecule has 1 unspecified atom stereocenters. The lowest BCUT2D eigenvalue weighted by atomic mass is 10.2. The summed E-state index contributed by atoms with van der Waals surface area (Å²) in [5.74, 6) is -1.59. The molecular weight excluding hydrogens is 418 g/mol. The molecular formula is C15H14BrNO5S2. The highest BCUT2D eigenvalue weighted by Gasteiger charge is 2.34. The molecule has 128 valence electrons. The number of hydrogen-bond donors (Lipinski definition) is 1. The lowest BCUT2D eigenvalue weighted by Crippen LogP contribution is -2.47. The Kier molecular flexibility index (Phi) is 6.27. The number of benzene rings is 1. The summed E-state index contributed by atoms with van der Waals surface area (Å²) < 4.78 is 32.5. The van der Waals surface area contributed by atoms with Gasteiger partial charge in [0, 0.05) is 4.47 Å². The van der Waals surface area contributed by atoms with E-state index in [0.717, 1.165) is 11.3 Å². The van der Waals surface area contributed by atoms with Gasteiger partial charge < -0.3 is 4.74 Å². The topological polar surface area (TPSA) is 89.5 Å². The fourth-order valence-corrected chi connectivity index (χ4v) is 4.29. The summed E-state index contributed by atoms with van der Waals surface area (Å²) in [4.78, 5) is 24.8. The molecule has 0 bridgehead atoms. The molecule has 0 saturated heterocycles. The second-order valence-corrected chi connectivity index (χ2v) is 8.18. The minimum absolute atomic E-state index is 0.0334. The Hall–Kier alpha value is -1.55. The van der Waals surface area contributed by atoms with Crippen molar-refractivity contribution in [2.45, 2.75) is 17.9 Å². The highest BCUT2D eigenvalue weighted by atomic mass is 79.9. The Balaban J connectivity index is 2.34. The maximum atomic E-state index is 12.5. The van der Waals surface area contributed by atoms with Crippen LogP contribution < -0.4 is 4.72 Å². The van der Waals surface area contributed by atoms with Gasteiger partial charge in [-0.3, -0.25) is 4.79 Å². The first-order valence-corrected chi connectivity index (χ1v) is 10.0. The molecule has 0 amide bonds. The Labute approximate surface area is 152 Å². The van der Waals surface area contributed by atoms with Gasteiger partial charge in [-0.15, -0.1) is 11.3 Å². The van der Waals surface area contributed by atoms with Gasteiger partial charge in [-0.2, -0.15) is 4.72 Å². The average Bonchev–Trinajstić information content (AvgIpc) is 3.06. The zero-order valence-electron chi connectivity index (χ0n) is 12.6. The zero-order valence-corrected chi connectivity index (χ0v) is 15.8. The first-order chi connectivity index (χ1) is 11.3. The monoisotopic (exact) mass is 431 g/mol. The van der Waals surface area contributed by atoms with E-state index in [9.17, 15) is 18.0 Å². The fraction of sp³-hybridized carbons (Fsp3) is 0.200. The molecule has 1 N–H and O–H groups in total. The Morgan fingerprint density at radius 2 is 2.04 bits per heavy atom. The molecule has 0 spiro atoms. The lowest BCUT2D eigenvalue weighted by Gasteiger charge is -2.16. The van der Waals surface area contributed by atoms with Crippen molar-refractivity contribution < 1.29 is 22.7 Å². The van der Waals surface area contributed by atoms with Crippen molar-refractivity contribution in [1.82, 2.24) is 4.72 Å². The van der Waals surface area contributed by atoms with Crippen LogP contribution in [0.1, 0.15) is 16.6 Å². The zero-order chi connectivity index (χ0) is 17.7. The van der Waals surface area contributed by atoms with Gasteiger partial charge >= 0.3 is 5.97 Å². The van der Waals surface area contributed by atoms with Crippen LogP contribution in [-0.4, -0.2) is 32.8 Å². The van der Waals surface area contributed by atoms with Crippen LogP contribution in [0.4, 0.5) is 0 Å². The summed E-state index contributed by atoms with van der Waals surface area (Å²) in [6.07, 6.45) is 0. The van der Waals surface area contributed by atoms with Gasteiger partial charge in [0.25, 0.3) is 0 Å². The molecule has 1 aromatic heterocycles. The molecule has 2 rings (SSSR count). The smallest absolute Gasteiger partial charge is 0.332 e. The number of carbonyl (C=O) groups excluding carboxylic acids is 2. The van der Waals surface area contributed by atoms with Gasteiger partial charge in [-0.05, 0) is 36.6 Å². The van der Waals surface area contributed by atoms with Gasteiger partial charge in [0.1, 0.15) is 0 Å². The highest BCUT2D eigenvalue weighted by molar-refractivity contribution is 9.10. The summed E-state index contributed by atoms with van der Waals surface area (Å²) in [7, 11) is -4.08. The number of ether oxygens (including phenoxy) is 1. The highest BCUT2D eigenvalue weighted by Crippen LogP contribution is 2.18. The number of ketones is 1. The number of Topliss-reactive ketones (excluding diaryl/α,β-unsaturated/α-hetero) is 1. The van der Waals surface area contributed by atoms with E-state index in [1.807, 2.05) is 0 Å². The molecule has 0 aliphatic heterocycles. The number of halogens is 1. The molecule has 0 saturated carbocycles. The molecule has 1 heterocycles. The van der Waals surface area contributed by atoms with Crippen molar-refractivity contribution in [3.63, 3.8) is 0 Å². The average molecular weight is 432 g/mol. The van der Waals surface area contributed by atoms with Crippen molar-refractivity contribution in [3.05, 3.63) is 51.1 Å². The molecule has 1 aromatic carbocycles. The van der Waals surface area contributed by atoms with E-state index >= 15 is 0 Å². The quantitative estimate of drug-likeness (QED) is 0.413. The van der Waals surface area contributed by atoms with Crippen molar-refractivity contribution in [2.24, 2.45) is 0 Å². The molecule has 0 radical (unpaired) electrons. The minimum atomic E-state index is -4.08. The first-order valence-electron chi connectivity index (χ1n) is 6.87. The SMILES string of the molecule is CCOC(=O)C(NS(=O)(=O)c1cccc(Br)c1)C(=O)c1cccs1.